The first-order valence-corrected chi connectivity index (χ1v) is 3.84. The van der Waals surface area contributed by atoms with Crippen molar-refractivity contribution in [3.63, 3.8) is 0 Å². The van der Waals surface area contributed by atoms with Crippen molar-refractivity contribution in [1.82, 2.24) is 0 Å². The Morgan fingerprint density at radius 1 is 1.69 bits per heavy atom. The first kappa shape index (κ1) is 9.25. The Balaban J connectivity index is 2.90. The molecule has 0 aliphatic rings. The minimum absolute atomic E-state index is 0.0874. The quantitative estimate of drug-likeness (QED) is 0.439. The van der Waals surface area contributed by atoms with Crippen molar-refractivity contribution in [2.75, 3.05) is 11.9 Å². The van der Waals surface area contributed by atoms with E-state index in [4.69, 9.17) is 0 Å². The van der Waals surface area contributed by atoms with Crippen molar-refractivity contribution >= 4 is 11.4 Å². The van der Waals surface area contributed by atoms with Gasteiger partial charge in [0.2, 0.25) is 0 Å². The number of para-hydroxylation sites is 2. The van der Waals surface area contributed by atoms with Gasteiger partial charge in [0.1, 0.15) is 5.69 Å². The molecule has 0 aromatic heterocycles. The van der Waals surface area contributed by atoms with Crippen LogP contribution in [0.2, 0.25) is 0 Å². The third-order valence-corrected chi connectivity index (χ3v) is 1.54. The molecule has 0 bridgehead atoms. The summed E-state index contributed by atoms with van der Waals surface area (Å²) in [7, 11) is 0. The van der Waals surface area contributed by atoms with E-state index in [-0.39, 0.29) is 5.69 Å². The number of nitro groups is 1. The van der Waals surface area contributed by atoms with E-state index in [9.17, 15) is 10.1 Å². The first-order valence-electron chi connectivity index (χ1n) is 3.84. The van der Waals surface area contributed by atoms with Gasteiger partial charge in [-0.05, 0) is 6.07 Å². The molecule has 0 atom stereocenters. The second-order valence-corrected chi connectivity index (χ2v) is 2.44. The molecular weight excluding hydrogens is 170 g/mol. The van der Waals surface area contributed by atoms with E-state index in [1.165, 1.54) is 6.07 Å². The van der Waals surface area contributed by atoms with Crippen LogP contribution in [0, 0.1) is 10.1 Å². The smallest absolute Gasteiger partial charge is 0.292 e. The van der Waals surface area contributed by atoms with Gasteiger partial charge in [0.15, 0.2) is 0 Å². The van der Waals surface area contributed by atoms with E-state index in [0.717, 1.165) is 0 Å². The molecule has 1 aromatic rings. The largest absolute Gasteiger partial charge is 0.376 e. The minimum atomic E-state index is -0.411. The van der Waals surface area contributed by atoms with Crippen molar-refractivity contribution in [1.29, 1.82) is 0 Å². The number of nitrogens with one attached hydrogen (secondary N) is 1. The Bertz CT molecular complexity index is 323. The van der Waals surface area contributed by atoms with Crippen molar-refractivity contribution in [3.05, 3.63) is 47.0 Å². The van der Waals surface area contributed by atoms with Crippen LogP contribution in [0.25, 0.3) is 0 Å². The predicted molar refractivity (Wildman–Crippen MR) is 51.8 cm³/mol. The molecule has 1 N–H and O–H groups in total. The van der Waals surface area contributed by atoms with E-state index in [2.05, 4.69) is 11.9 Å². The second kappa shape index (κ2) is 4.25. The molecule has 1 aromatic carbocycles. The molecule has 0 fully saturated rings. The Morgan fingerprint density at radius 2 is 2.46 bits per heavy atom. The maximum Gasteiger partial charge on any atom is 0.292 e. The Labute approximate surface area is 76.0 Å². The molecule has 0 aliphatic heterocycles. The van der Waals surface area contributed by atoms with Crippen molar-refractivity contribution in [2.45, 2.75) is 0 Å². The van der Waals surface area contributed by atoms with Gasteiger partial charge in [0.25, 0.3) is 5.69 Å². The van der Waals surface area contributed by atoms with Crippen LogP contribution in [0.5, 0.6) is 0 Å². The number of nitrogens with zero attached hydrogens (tertiary/aromatic N) is 1. The summed E-state index contributed by atoms with van der Waals surface area (Å²) in [5.41, 5.74) is 0.608. The lowest BCUT2D eigenvalue weighted by atomic mass is 10.5. The van der Waals surface area contributed by atoms with Gasteiger partial charge in [0.05, 0.1) is 4.92 Å². The van der Waals surface area contributed by atoms with Gasteiger partial charge in [-0.3, -0.25) is 10.1 Å². The highest BCUT2D eigenvalue weighted by molar-refractivity contribution is 5.61. The molecule has 0 aliphatic carbocycles. The fourth-order valence-electron chi connectivity index (χ4n) is 0.964. The normalized spacial score (nSPS) is 9.23. The van der Waals surface area contributed by atoms with Crippen molar-refractivity contribution in [2.24, 2.45) is 0 Å². The Kier molecular flexibility index (Phi) is 3.03. The molecule has 68 valence electrons. The SMILES string of the molecule is C=CCN[14c]1ccccc1[N+](=O)[O-]. The summed E-state index contributed by atoms with van der Waals surface area (Å²) in [6.45, 7) is 4.04. The summed E-state index contributed by atoms with van der Waals surface area (Å²) >= 11 is 0. The van der Waals surface area contributed by atoms with Crippen molar-refractivity contribution in [3.8, 4) is 0 Å². The molecule has 0 amide bonds. The Morgan fingerprint density at radius 3 is 3.08 bits per heavy atom. The lowest BCUT2D eigenvalue weighted by Crippen LogP contribution is -2.01. The lowest BCUT2D eigenvalue weighted by molar-refractivity contribution is -0.383. The van der Waals surface area contributed by atoms with E-state index in [1.807, 2.05) is 0 Å². The zero-order chi connectivity index (χ0) is 9.68. The number of nitro benzene ring substituents is 1. The molecule has 13 heavy (non-hydrogen) atoms. The summed E-state index contributed by atoms with van der Waals surface area (Å²) in [6, 6.07) is 6.52. The molecule has 1 rings (SSSR count). The average molecular weight is 180 g/mol. The fourth-order valence-corrected chi connectivity index (χ4v) is 0.964. The van der Waals surface area contributed by atoms with Gasteiger partial charge in [-0.2, -0.15) is 0 Å². The number of anilines is 1. The monoisotopic (exact) mass is 180 g/mol. The molecule has 4 heteroatoms. The zero-order valence-corrected chi connectivity index (χ0v) is 7.06. The van der Waals surface area contributed by atoms with Crippen LogP contribution in [0.15, 0.2) is 36.9 Å². The highest BCUT2D eigenvalue weighted by Gasteiger charge is 2.10. The number of rotatable bonds is 4. The summed E-state index contributed by atoms with van der Waals surface area (Å²) in [6.07, 6.45) is 1.65. The van der Waals surface area contributed by atoms with Crippen LogP contribution >= 0.6 is 0 Å². The number of hydrogen-bond acceptors (Lipinski definition) is 3. The summed E-state index contributed by atoms with van der Waals surface area (Å²) in [5.74, 6) is 0. The molecule has 0 saturated carbocycles. The highest BCUT2D eigenvalue weighted by Crippen LogP contribution is 2.22. The van der Waals surface area contributed by atoms with E-state index < -0.39 is 4.92 Å². The van der Waals surface area contributed by atoms with Crippen LogP contribution in [-0.4, -0.2) is 11.5 Å². The van der Waals surface area contributed by atoms with Gasteiger partial charge < -0.3 is 5.32 Å². The maximum absolute atomic E-state index is 10.5. The van der Waals surface area contributed by atoms with Crippen LogP contribution < -0.4 is 5.32 Å². The standard InChI is InChI=1S/C9H10N2O2/c1-2-7-10-8-5-3-4-6-9(8)11(12)13/h2-6,10H,1,7H2/i8+2. The van der Waals surface area contributed by atoms with Gasteiger partial charge in [-0.25, -0.2) is 0 Å². The van der Waals surface area contributed by atoms with Crippen LogP contribution in [0.4, 0.5) is 11.4 Å². The van der Waals surface area contributed by atoms with Gasteiger partial charge >= 0.3 is 0 Å². The third-order valence-electron chi connectivity index (χ3n) is 1.54. The second-order valence-electron chi connectivity index (χ2n) is 2.44. The van der Waals surface area contributed by atoms with Crippen LogP contribution in [-0.2, 0) is 0 Å². The molecule has 0 saturated heterocycles. The molecule has 0 unspecified atom stereocenters. The fraction of sp³-hybridized carbons (Fsp3) is 0.111. The molecule has 4 nitrogen and oxygen atoms in total. The predicted octanol–water partition coefficient (Wildman–Crippen LogP) is 2.19. The van der Waals surface area contributed by atoms with E-state index >= 15 is 0 Å². The molecule has 0 heterocycles. The number of benzene rings is 1. The first-order chi connectivity index (χ1) is 6.25. The maximum atomic E-state index is 10.5. The minimum Gasteiger partial charge on any atom is -0.376 e. The van der Waals surface area contributed by atoms with Gasteiger partial charge in [-0.1, -0.05) is 18.2 Å². The molecule has 0 spiro atoms. The average Bonchev–Trinajstić information content (AvgIpc) is 2.15. The van der Waals surface area contributed by atoms with E-state index in [0.29, 0.717) is 12.2 Å². The third kappa shape index (κ3) is 2.30. The molecule has 0 radical (unpaired) electrons. The van der Waals surface area contributed by atoms with E-state index in [1.54, 1.807) is 24.3 Å². The Hall–Kier alpha value is -1.84. The van der Waals surface area contributed by atoms with Crippen LogP contribution in [0.1, 0.15) is 0 Å². The topological polar surface area (TPSA) is 55.2 Å². The summed E-state index contributed by atoms with van der Waals surface area (Å²) in [5, 5.41) is 13.4. The van der Waals surface area contributed by atoms with Gasteiger partial charge in [0, 0.05) is 12.6 Å². The van der Waals surface area contributed by atoms with Crippen molar-refractivity contribution < 1.29 is 4.92 Å². The summed E-state index contributed by atoms with van der Waals surface area (Å²) in [4.78, 5) is 10.1. The lowest BCUT2D eigenvalue weighted by Gasteiger charge is -2.02. The summed E-state index contributed by atoms with van der Waals surface area (Å²) < 4.78 is 0. The molecular formula is C9H10N2O2. The van der Waals surface area contributed by atoms with Gasteiger partial charge in [-0.15, -0.1) is 6.58 Å². The highest BCUT2D eigenvalue weighted by atomic mass is 16.6. The number of hydrogen-bond donors (Lipinski definition) is 1. The zero-order valence-electron chi connectivity index (χ0n) is 7.06. The van der Waals surface area contributed by atoms with Crippen LogP contribution in [0.3, 0.4) is 0 Å².